The smallest absolute Gasteiger partial charge is 0.226 e. The van der Waals surface area contributed by atoms with Crippen LogP contribution in [0.1, 0.15) is 19.8 Å². The lowest BCUT2D eigenvalue weighted by Gasteiger charge is -2.15. The van der Waals surface area contributed by atoms with Gasteiger partial charge in [0.15, 0.2) is 0 Å². The molecule has 0 aromatic heterocycles. The summed E-state index contributed by atoms with van der Waals surface area (Å²) in [6.07, 6.45) is 4.39. The van der Waals surface area contributed by atoms with Crippen LogP contribution in [0.5, 0.6) is 0 Å². The van der Waals surface area contributed by atoms with E-state index < -0.39 is 0 Å². The number of carbonyl (C=O) groups excluding carboxylic acids is 1. The summed E-state index contributed by atoms with van der Waals surface area (Å²) in [7, 11) is 0. The quantitative estimate of drug-likeness (QED) is 0.561. The average Bonchev–Trinajstić information content (AvgIpc) is 2.64. The van der Waals surface area contributed by atoms with E-state index in [0.717, 1.165) is 12.0 Å². The molecule has 0 aliphatic carbocycles. The molecule has 2 aromatic carbocycles. The number of benzene rings is 2. The first-order valence-electron chi connectivity index (χ1n) is 8.20. The van der Waals surface area contributed by atoms with Gasteiger partial charge in [0.1, 0.15) is 5.82 Å². The third-order valence-electron chi connectivity index (χ3n) is 3.53. The van der Waals surface area contributed by atoms with Crippen molar-refractivity contribution in [1.29, 1.82) is 0 Å². The van der Waals surface area contributed by atoms with Crippen molar-refractivity contribution in [3.05, 3.63) is 67.1 Å². The summed E-state index contributed by atoms with van der Waals surface area (Å²) in [4.78, 5) is 12.3. The fourth-order valence-corrected chi connectivity index (χ4v) is 2.29. The third kappa shape index (κ3) is 5.57. The molecule has 2 rings (SSSR count). The van der Waals surface area contributed by atoms with Crippen LogP contribution in [0.4, 0.5) is 10.1 Å². The Labute approximate surface area is 147 Å². The topological polar surface area (TPSA) is 44.7 Å². The fourth-order valence-electron chi connectivity index (χ4n) is 2.29. The molecule has 1 N–H and O–H groups in total. The van der Waals surface area contributed by atoms with E-state index in [2.05, 4.69) is 17.0 Å². The van der Waals surface area contributed by atoms with E-state index in [1.807, 2.05) is 37.3 Å². The SMILES string of the molecule is C=CN(CCC(=O)Nc1ccc(F)cc1-c1ccccc1)/N=C\CC. The number of amides is 1. The van der Waals surface area contributed by atoms with Gasteiger partial charge in [-0.25, -0.2) is 4.39 Å². The lowest BCUT2D eigenvalue weighted by Crippen LogP contribution is -2.20. The summed E-state index contributed by atoms with van der Waals surface area (Å²) in [5.74, 6) is -0.508. The standard InChI is InChI=1S/C20H22FN3O/c1-3-13-22-24(4-2)14-12-20(25)23-19-11-10-17(21)15-18(19)16-8-6-5-7-9-16/h4-11,13,15H,2-3,12,14H2,1H3,(H,23,25)/b22-13-. The Morgan fingerprint density at radius 2 is 2.04 bits per heavy atom. The van der Waals surface area contributed by atoms with Crippen molar-refractivity contribution in [2.45, 2.75) is 19.8 Å². The second kappa shape index (κ2) is 9.37. The maximum atomic E-state index is 13.6. The van der Waals surface area contributed by atoms with Crippen molar-refractivity contribution in [2.75, 3.05) is 11.9 Å². The average molecular weight is 339 g/mol. The molecule has 0 spiro atoms. The number of hydrogen-bond donors (Lipinski definition) is 1. The van der Waals surface area contributed by atoms with E-state index >= 15 is 0 Å². The van der Waals surface area contributed by atoms with Gasteiger partial charge in [-0.2, -0.15) is 5.10 Å². The van der Waals surface area contributed by atoms with Crippen LogP contribution in [0.25, 0.3) is 11.1 Å². The van der Waals surface area contributed by atoms with E-state index in [-0.39, 0.29) is 18.1 Å². The third-order valence-corrected chi connectivity index (χ3v) is 3.53. The number of nitrogens with one attached hydrogen (secondary N) is 1. The first-order valence-corrected chi connectivity index (χ1v) is 8.20. The van der Waals surface area contributed by atoms with Gasteiger partial charge in [-0.3, -0.25) is 9.80 Å². The summed E-state index contributed by atoms with van der Waals surface area (Å²) >= 11 is 0. The van der Waals surface area contributed by atoms with Crippen LogP contribution in [0.2, 0.25) is 0 Å². The van der Waals surface area contributed by atoms with Gasteiger partial charge in [0.25, 0.3) is 0 Å². The minimum Gasteiger partial charge on any atom is -0.325 e. The van der Waals surface area contributed by atoms with E-state index in [9.17, 15) is 9.18 Å². The van der Waals surface area contributed by atoms with Crippen molar-refractivity contribution in [1.82, 2.24) is 5.01 Å². The lowest BCUT2D eigenvalue weighted by atomic mass is 10.0. The zero-order valence-electron chi connectivity index (χ0n) is 14.3. The Morgan fingerprint density at radius 1 is 1.28 bits per heavy atom. The van der Waals surface area contributed by atoms with Gasteiger partial charge in [-0.1, -0.05) is 43.8 Å². The van der Waals surface area contributed by atoms with E-state index in [4.69, 9.17) is 0 Å². The molecule has 1 amide bonds. The molecule has 4 nitrogen and oxygen atoms in total. The maximum absolute atomic E-state index is 13.6. The molecule has 0 aliphatic heterocycles. The summed E-state index contributed by atoms with van der Waals surface area (Å²) in [6.45, 7) is 6.09. The highest BCUT2D eigenvalue weighted by Gasteiger charge is 2.10. The van der Waals surface area contributed by atoms with Gasteiger partial charge in [0.2, 0.25) is 5.91 Å². The molecule has 0 heterocycles. The second-order valence-corrected chi connectivity index (χ2v) is 5.41. The van der Waals surface area contributed by atoms with Gasteiger partial charge in [-0.15, -0.1) is 0 Å². The lowest BCUT2D eigenvalue weighted by molar-refractivity contribution is -0.116. The zero-order chi connectivity index (χ0) is 18.1. The molecule has 130 valence electrons. The number of anilines is 1. The second-order valence-electron chi connectivity index (χ2n) is 5.41. The van der Waals surface area contributed by atoms with Gasteiger partial charge < -0.3 is 5.32 Å². The molecule has 0 fully saturated rings. The molecular weight excluding hydrogens is 317 g/mol. The molecular formula is C20H22FN3O. The van der Waals surface area contributed by atoms with E-state index in [1.165, 1.54) is 12.1 Å². The van der Waals surface area contributed by atoms with Crippen LogP contribution in [-0.2, 0) is 4.79 Å². The Bertz CT molecular complexity index is 744. The summed E-state index contributed by atoms with van der Waals surface area (Å²) in [5.41, 5.74) is 2.08. The minimum atomic E-state index is -0.344. The Hall–Kier alpha value is -2.95. The first kappa shape index (κ1) is 18.4. The van der Waals surface area contributed by atoms with Crippen molar-refractivity contribution in [2.24, 2.45) is 5.10 Å². The summed E-state index contributed by atoms with van der Waals surface area (Å²) in [5, 5.41) is 8.65. The number of rotatable bonds is 8. The van der Waals surface area contributed by atoms with Crippen LogP contribution >= 0.6 is 0 Å². The highest BCUT2D eigenvalue weighted by molar-refractivity contribution is 5.95. The fraction of sp³-hybridized carbons (Fsp3) is 0.200. The number of carbonyl (C=O) groups is 1. The largest absolute Gasteiger partial charge is 0.325 e. The van der Waals surface area contributed by atoms with Gasteiger partial charge in [-0.05, 0) is 30.2 Å². The molecule has 0 saturated carbocycles. The predicted molar refractivity (Wildman–Crippen MR) is 101 cm³/mol. The molecule has 25 heavy (non-hydrogen) atoms. The van der Waals surface area contributed by atoms with Crippen LogP contribution in [-0.4, -0.2) is 23.7 Å². The van der Waals surface area contributed by atoms with Crippen molar-refractivity contribution >= 4 is 17.8 Å². The van der Waals surface area contributed by atoms with Crippen molar-refractivity contribution in [3.8, 4) is 11.1 Å². The Kier molecular flexibility index (Phi) is 6.89. The number of halogens is 1. The molecule has 5 heteroatoms. The minimum absolute atomic E-state index is 0.165. The molecule has 0 bridgehead atoms. The monoisotopic (exact) mass is 339 g/mol. The molecule has 0 unspecified atom stereocenters. The highest BCUT2D eigenvalue weighted by atomic mass is 19.1. The van der Waals surface area contributed by atoms with Crippen molar-refractivity contribution in [3.63, 3.8) is 0 Å². The van der Waals surface area contributed by atoms with Gasteiger partial charge >= 0.3 is 0 Å². The summed E-state index contributed by atoms with van der Waals surface area (Å²) in [6, 6.07) is 13.7. The van der Waals surface area contributed by atoms with Crippen LogP contribution < -0.4 is 5.32 Å². The number of nitrogens with zero attached hydrogens (tertiary/aromatic N) is 2. The normalized spacial score (nSPS) is 10.6. The van der Waals surface area contributed by atoms with E-state index in [0.29, 0.717) is 17.8 Å². The molecule has 0 aliphatic rings. The van der Waals surface area contributed by atoms with Crippen LogP contribution in [0.3, 0.4) is 0 Å². The van der Waals surface area contributed by atoms with Crippen LogP contribution in [0, 0.1) is 5.82 Å². The highest BCUT2D eigenvalue weighted by Crippen LogP contribution is 2.28. The van der Waals surface area contributed by atoms with Crippen molar-refractivity contribution < 1.29 is 9.18 Å². The first-order chi connectivity index (χ1) is 12.1. The van der Waals surface area contributed by atoms with Gasteiger partial charge in [0, 0.05) is 36.6 Å². The summed E-state index contributed by atoms with van der Waals surface area (Å²) < 4.78 is 13.6. The number of hydrogen-bond acceptors (Lipinski definition) is 3. The van der Waals surface area contributed by atoms with Gasteiger partial charge in [0.05, 0.1) is 0 Å². The Morgan fingerprint density at radius 3 is 2.72 bits per heavy atom. The molecule has 0 saturated heterocycles. The number of hydrazone groups is 1. The molecule has 0 radical (unpaired) electrons. The van der Waals surface area contributed by atoms with E-state index in [1.54, 1.807) is 23.5 Å². The van der Waals surface area contributed by atoms with Crippen LogP contribution in [0.15, 0.2) is 66.4 Å². The molecule has 2 aromatic rings. The predicted octanol–water partition coefficient (Wildman–Crippen LogP) is 4.66. The Balaban J connectivity index is 2.08. The molecule has 0 atom stereocenters. The zero-order valence-corrected chi connectivity index (χ0v) is 14.3. The maximum Gasteiger partial charge on any atom is 0.226 e.